The van der Waals surface area contributed by atoms with Gasteiger partial charge in [0.25, 0.3) is 0 Å². The lowest BCUT2D eigenvalue weighted by atomic mass is 10.4. The Morgan fingerprint density at radius 2 is 1.89 bits per heavy atom. The molecule has 0 rings (SSSR count). The molecule has 0 aliphatic heterocycles. The molecule has 0 unspecified atom stereocenters. The molecule has 0 fully saturated rings. The second-order valence-electron chi connectivity index (χ2n) is 3.96. The van der Waals surface area contributed by atoms with Crippen molar-refractivity contribution >= 4 is 15.5 Å². The molecular weight excluding hydrogens is 248 g/mol. The van der Waals surface area contributed by atoms with Gasteiger partial charge < -0.3 is 14.2 Å². The van der Waals surface area contributed by atoms with Gasteiger partial charge in [-0.05, 0) is 26.7 Å². The van der Waals surface area contributed by atoms with Crippen LogP contribution in [-0.4, -0.2) is 40.7 Å². The number of hydrogen-bond acceptors (Lipinski definition) is 4. The van der Waals surface area contributed by atoms with Crippen LogP contribution >= 0.6 is 0 Å². The quantitative estimate of drug-likeness (QED) is 0.190. The van der Waals surface area contributed by atoms with Crippen LogP contribution in [0.3, 0.4) is 0 Å². The lowest BCUT2D eigenvalue weighted by Gasteiger charge is -2.32. The molecule has 0 aromatic heterocycles. The summed E-state index contributed by atoms with van der Waals surface area (Å²) >= 11 is 0. The molecule has 0 atom stereocenters. The largest absolute Gasteiger partial charge is 0.463 e. The Bertz CT molecular complexity index is 237. The molecule has 0 bridgehead atoms. The number of rotatable bonds is 11. The van der Waals surface area contributed by atoms with E-state index in [1.54, 1.807) is 0 Å². The smallest absolute Gasteiger partial charge is 0.330 e. The maximum atomic E-state index is 10.9. The van der Waals surface area contributed by atoms with Crippen molar-refractivity contribution in [2.24, 2.45) is 0 Å². The minimum absolute atomic E-state index is 0.341. The van der Waals surface area contributed by atoms with Crippen LogP contribution in [0.2, 0.25) is 6.04 Å². The van der Waals surface area contributed by atoms with Crippen LogP contribution in [0.25, 0.3) is 0 Å². The van der Waals surface area contributed by atoms with Crippen LogP contribution in [-0.2, 0) is 19.0 Å². The van der Waals surface area contributed by atoms with Crippen molar-refractivity contribution in [2.75, 3.05) is 19.8 Å². The average molecular weight is 274 g/mol. The molecule has 4 nitrogen and oxygen atoms in total. The molecule has 5 heteroatoms. The molecule has 0 spiro atoms. The molecule has 18 heavy (non-hydrogen) atoms. The van der Waals surface area contributed by atoms with Gasteiger partial charge in [0.05, 0.1) is 16.1 Å². The first-order valence-corrected chi connectivity index (χ1v) is 8.41. The lowest BCUT2D eigenvalue weighted by Crippen LogP contribution is -2.42. The molecule has 0 radical (unpaired) electrons. The third-order valence-electron chi connectivity index (χ3n) is 2.72. The molecule has 0 saturated heterocycles. The average Bonchev–Trinajstić information content (AvgIpc) is 2.38. The summed E-state index contributed by atoms with van der Waals surface area (Å²) in [7, 11) is -0.516. The minimum atomic E-state index is -0.516. The number of carbonyl (C=O) groups is 1. The Morgan fingerprint density at radius 1 is 1.28 bits per heavy atom. The predicted molar refractivity (Wildman–Crippen MR) is 75.4 cm³/mol. The highest BCUT2D eigenvalue weighted by Crippen LogP contribution is 2.18. The minimum Gasteiger partial charge on any atom is -0.463 e. The standard InChI is InChI=1S/C13H26O4Si/c1-5-12(14)15-10-9-11-18-13(6-2,16-7-3)17-8-4/h5H,1,6-11,18H2,2-4H3. The van der Waals surface area contributed by atoms with Gasteiger partial charge in [-0.2, -0.15) is 0 Å². The van der Waals surface area contributed by atoms with Crippen LogP contribution in [0.1, 0.15) is 33.6 Å². The zero-order valence-corrected chi connectivity index (χ0v) is 13.3. The van der Waals surface area contributed by atoms with Crippen molar-refractivity contribution in [1.82, 2.24) is 0 Å². The fourth-order valence-electron chi connectivity index (χ4n) is 1.82. The molecule has 0 heterocycles. The van der Waals surface area contributed by atoms with E-state index in [1.165, 1.54) is 6.08 Å². The van der Waals surface area contributed by atoms with E-state index in [-0.39, 0.29) is 11.4 Å². The van der Waals surface area contributed by atoms with Crippen LogP contribution in [0.5, 0.6) is 0 Å². The molecular formula is C13H26O4Si. The maximum Gasteiger partial charge on any atom is 0.330 e. The molecule has 106 valence electrons. The summed E-state index contributed by atoms with van der Waals surface area (Å²) in [6, 6.07) is 1.04. The van der Waals surface area contributed by atoms with Gasteiger partial charge in [0.1, 0.15) is 5.41 Å². The van der Waals surface area contributed by atoms with Gasteiger partial charge in [0.15, 0.2) is 0 Å². The molecule has 0 aliphatic rings. The van der Waals surface area contributed by atoms with Crippen molar-refractivity contribution in [2.45, 2.75) is 45.1 Å². The van der Waals surface area contributed by atoms with Crippen molar-refractivity contribution in [1.29, 1.82) is 0 Å². The molecule has 0 amide bonds. The summed E-state index contributed by atoms with van der Waals surface area (Å²) in [4.78, 5) is 10.9. The summed E-state index contributed by atoms with van der Waals surface area (Å²) in [5, 5.41) is 0. The van der Waals surface area contributed by atoms with E-state index in [9.17, 15) is 4.79 Å². The predicted octanol–water partition coefficient (Wildman–Crippen LogP) is 1.83. The first-order chi connectivity index (χ1) is 8.64. The summed E-state index contributed by atoms with van der Waals surface area (Å²) < 4.78 is 16.5. The first kappa shape index (κ1) is 17.3. The molecule has 0 aromatic carbocycles. The van der Waals surface area contributed by atoms with E-state index < -0.39 is 9.52 Å². The van der Waals surface area contributed by atoms with E-state index in [2.05, 4.69) is 13.5 Å². The monoisotopic (exact) mass is 274 g/mol. The zero-order valence-electron chi connectivity index (χ0n) is 11.9. The number of esters is 1. The Labute approximate surface area is 113 Å². The first-order valence-electron chi connectivity index (χ1n) is 6.71. The van der Waals surface area contributed by atoms with Crippen LogP contribution in [0, 0.1) is 0 Å². The highest BCUT2D eigenvalue weighted by Gasteiger charge is 2.28. The highest BCUT2D eigenvalue weighted by molar-refractivity contribution is 6.38. The van der Waals surface area contributed by atoms with Gasteiger partial charge in [-0.1, -0.05) is 19.5 Å². The van der Waals surface area contributed by atoms with Crippen LogP contribution < -0.4 is 0 Å². The Balaban J connectivity index is 3.95. The van der Waals surface area contributed by atoms with Crippen LogP contribution in [0.4, 0.5) is 0 Å². The van der Waals surface area contributed by atoms with Gasteiger partial charge in [0.2, 0.25) is 0 Å². The molecule has 0 saturated carbocycles. The van der Waals surface area contributed by atoms with E-state index >= 15 is 0 Å². The fraction of sp³-hybridized carbons (Fsp3) is 0.769. The van der Waals surface area contributed by atoms with Gasteiger partial charge in [-0.3, -0.25) is 0 Å². The molecule has 0 N–H and O–H groups in total. The zero-order chi connectivity index (χ0) is 13.9. The SMILES string of the molecule is C=CC(=O)OCCC[SiH2]C(CC)(OCC)OCC. The Morgan fingerprint density at radius 3 is 2.33 bits per heavy atom. The lowest BCUT2D eigenvalue weighted by molar-refractivity contribution is -0.177. The number of hydrogen-bond donors (Lipinski definition) is 0. The number of carbonyl (C=O) groups excluding carboxylic acids is 1. The maximum absolute atomic E-state index is 10.9. The van der Waals surface area contributed by atoms with E-state index in [1.807, 2.05) is 13.8 Å². The Hall–Kier alpha value is -0.653. The summed E-state index contributed by atoms with van der Waals surface area (Å²) in [6.07, 6.45) is 2.94. The fourth-order valence-corrected chi connectivity index (χ4v) is 3.86. The molecule has 0 aliphatic carbocycles. The summed E-state index contributed by atoms with van der Waals surface area (Å²) in [5.41, 5.74) is -0.341. The van der Waals surface area contributed by atoms with Gasteiger partial charge >= 0.3 is 5.97 Å². The van der Waals surface area contributed by atoms with E-state index in [0.29, 0.717) is 19.8 Å². The summed E-state index contributed by atoms with van der Waals surface area (Å²) in [6.45, 7) is 11.2. The van der Waals surface area contributed by atoms with Crippen molar-refractivity contribution in [3.63, 3.8) is 0 Å². The third-order valence-corrected chi connectivity index (χ3v) is 5.24. The van der Waals surface area contributed by atoms with E-state index in [4.69, 9.17) is 14.2 Å². The second kappa shape index (κ2) is 10.3. The van der Waals surface area contributed by atoms with E-state index in [0.717, 1.165) is 18.9 Å². The third kappa shape index (κ3) is 6.93. The molecule has 0 aromatic rings. The van der Waals surface area contributed by atoms with Crippen molar-refractivity contribution < 1.29 is 19.0 Å². The number of ether oxygens (including phenoxy) is 3. The normalized spacial score (nSPS) is 11.9. The van der Waals surface area contributed by atoms with Gasteiger partial charge in [0, 0.05) is 19.3 Å². The van der Waals surface area contributed by atoms with Gasteiger partial charge in [-0.25, -0.2) is 4.79 Å². The Kier molecular flexibility index (Phi) is 9.91. The summed E-state index contributed by atoms with van der Waals surface area (Å²) in [5.74, 6) is -0.354. The second-order valence-corrected chi connectivity index (χ2v) is 6.24. The van der Waals surface area contributed by atoms with Crippen molar-refractivity contribution in [3.8, 4) is 0 Å². The highest BCUT2D eigenvalue weighted by atomic mass is 28.2. The van der Waals surface area contributed by atoms with Gasteiger partial charge in [-0.15, -0.1) is 0 Å². The van der Waals surface area contributed by atoms with Crippen LogP contribution in [0.15, 0.2) is 12.7 Å². The topological polar surface area (TPSA) is 44.8 Å². The van der Waals surface area contributed by atoms with Crippen molar-refractivity contribution in [3.05, 3.63) is 12.7 Å².